The Morgan fingerprint density at radius 2 is 0.755 bits per heavy atom. The number of nitrogens with zero attached hydrogens (tertiary/aromatic N) is 2. The van der Waals surface area contributed by atoms with Crippen LogP contribution < -0.4 is 4.90 Å². The summed E-state index contributed by atoms with van der Waals surface area (Å²) in [7, 11) is 0. The lowest BCUT2D eigenvalue weighted by atomic mass is 10.0. The van der Waals surface area contributed by atoms with E-state index in [1.165, 1.54) is 70.5 Å². The predicted octanol–water partition coefficient (Wildman–Crippen LogP) is 14.4. The van der Waals surface area contributed by atoms with E-state index in [0.717, 1.165) is 17.1 Å². The molecule has 3 heteroatoms. The average Bonchev–Trinajstić information content (AvgIpc) is 3.77. The lowest BCUT2D eigenvalue weighted by Crippen LogP contribution is -2.09. The molecule has 8 aromatic carbocycles. The second kappa shape index (κ2) is 13.1. The van der Waals surface area contributed by atoms with Crippen LogP contribution in [0.4, 0.5) is 17.1 Å². The zero-order valence-corrected chi connectivity index (χ0v) is 29.7. The van der Waals surface area contributed by atoms with Gasteiger partial charge in [-0.05, 0) is 93.5 Å². The fourth-order valence-electron chi connectivity index (χ4n) is 7.62. The number of rotatable bonds is 7. The van der Waals surface area contributed by atoms with Crippen molar-refractivity contribution in [3.8, 4) is 44.5 Å². The minimum absolute atomic E-state index is 1.11. The van der Waals surface area contributed by atoms with E-state index in [9.17, 15) is 0 Å². The van der Waals surface area contributed by atoms with Crippen molar-refractivity contribution >= 4 is 54.3 Å². The Kier molecular flexibility index (Phi) is 7.71. The summed E-state index contributed by atoms with van der Waals surface area (Å²) in [5.41, 5.74) is 15.6. The zero-order chi connectivity index (χ0) is 35.1. The number of anilines is 3. The molecule has 10 rings (SSSR count). The SMILES string of the molecule is c1ccc(-c2ccc(N(c3ccc(-c4ccccc4)cc3)c3ccc(-c4ccc5sc6c(-c7ccccc7)c7ccccc7n6c5c4)cc3)cc2)cc1. The molecule has 2 nitrogen and oxygen atoms in total. The molecule has 0 saturated heterocycles. The minimum Gasteiger partial charge on any atom is -0.311 e. The molecule has 0 aliphatic heterocycles. The second-order valence-electron chi connectivity index (χ2n) is 13.4. The monoisotopic (exact) mass is 694 g/mol. The van der Waals surface area contributed by atoms with Crippen molar-refractivity contribution in [1.82, 2.24) is 4.40 Å². The van der Waals surface area contributed by atoms with Crippen molar-refractivity contribution in [2.24, 2.45) is 0 Å². The molecule has 53 heavy (non-hydrogen) atoms. The number of benzene rings is 8. The van der Waals surface area contributed by atoms with Gasteiger partial charge in [0.2, 0.25) is 0 Å². The summed E-state index contributed by atoms with van der Waals surface area (Å²) in [5.74, 6) is 0. The molecule has 0 aliphatic rings. The van der Waals surface area contributed by atoms with Gasteiger partial charge in [-0.2, -0.15) is 0 Å². The van der Waals surface area contributed by atoms with Gasteiger partial charge in [-0.1, -0.05) is 152 Å². The lowest BCUT2D eigenvalue weighted by molar-refractivity contribution is 1.28. The van der Waals surface area contributed by atoms with Crippen LogP contribution in [0.1, 0.15) is 0 Å². The van der Waals surface area contributed by atoms with Crippen LogP contribution in [0.3, 0.4) is 0 Å². The summed E-state index contributed by atoms with van der Waals surface area (Å²) >= 11 is 1.87. The van der Waals surface area contributed by atoms with E-state index in [0.29, 0.717) is 0 Å². The zero-order valence-electron chi connectivity index (χ0n) is 28.9. The first kappa shape index (κ1) is 31.1. The van der Waals surface area contributed by atoms with Gasteiger partial charge in [-0.25, -0.2) is 0 Å². The molecule has 0 aliphatic carbocycles. The van der Waals surface area contributed by atoms with Crippen molar-refractivity contribution < 1.29 is 0 Å². The Bertz CT molecular complexity index is 2750. The molecule has 0 spiro atoms. The first-order valence-corrected chi connectivity index (χ1v) is 18.8. The first-order chi connectivity index (χ1) is 26.3. The van der Waals surface area contributed by atoms with E-state index in [-0.39, 0.29) is 0 Å². The van der Waals surface area contributed by atoms with E-state index in [1.807, 2.05) is 11.3 Å². The summed E-state index contributed by atoms with van der Waals surface area (Å²) in [6.07, 6.45) is 0. The van der Waals surface area contributed by atoms with Gasteiger partial charge in [0.25, 0.3) is 0 Å². The van der Waals surface area contributed by atoms with Gasteiger partial charge in [0, 0.05) is 28.0 Å². The summed E-state index contributed by atoms with van der Waals surface area (Å²) in [4.78, 5) is 3.63. The predicted molar refractivity (Wildman–Crippen MR) is 227 cm³/mol. The molecular weight excluding hydrogens is 661 g/mol. The Morgan fingerprint density at radius 3 is 1.28 bits per heavy atom. The molecule has 0 atom stereocenters. The Labute approximate surface area is 313 Å². The number of aromatic nitrogens is 1. The summed E-state index contributed by atoms with van der Waals surface area (Å²) < 4.78 is 3.74. The third kappa shape index (κ3) is 5.59. The van der Waals surface area contributed by atoms with Gasteiger partial charge >= 0.3 is 0 Å². The van der Waals surface area contributed by atoms with Crippen LogP contribution in [-0.4, -0.2) is 4.40 Å². The second-order valence-corrected chi connectivity index (χ2v) is 14.4. The van der Waals surface area contributed by atoms with Crippen LogP contribution in [-0.2, 0) is 0 Å². The third-order valence-electron chi connectivity index (χ3n) is 10.2. The van der Waals surface area contributed by atoms with Gasteiger partial charge in [-0.3, -0.25) is 4.40 Å². The molecule has 0 bridgehead atoms. The number of thiazole rings is 1. The van der Waals surface area contributed by atoms with Gasteiger partial charge in [0.15, 0.2) is 0 Å². The number of para-hydroxylation sites is 1. The number of fused-ring (bicyclic) bond motifs is 5. The number of hydrogen-bond acceptors (Lipinski definition) is 2. The molecule has 0 unspecified atom stereocenters. The van der Waals surface area contributed by atoms with Crippen molar-refractivity contribution in [3.05, 3.63) is 206 Å². The maximum atomic E-state index is 2.45. The topological polar surface area (TPSA) is 7.65 Å². The van der Waals surface area contributed by atoms with E-state index in [1.54, 1.807) is 0 Å². The number of hydrogen-bond donors (Lipinski definition) is 0. The van der Waals surface area contributed by atoms with Crippen molar-refractivity contribution in [1.29, 1.82) is 0 Å². The molecule has 0 N–H and O–H groups in total. The van der Waals surface area contributed by atoms with Crippen LogP contribution in [0.2, 0.25) is 0 Å². The highest BCUT2D eigenvalue weighted by Crippen LogP contribution is 2.43. The fraction of sp³-hybridized carbons (Fsp3) is 0. The van der Waals surface area contributed by atoms with Gasteiger partial charge in [0.05, 0.1) is 15.7 Å². The van der Waals surface area contributed by atoms with Crippen LogP contribution >= 0.6 is 11.3 Å². The molecule has 0 saturated carbocycles. The lowest BCUT2D eigenvalue weighted by Gasteiger charge is -2.26. The maximum absolute atomic E-state index is 2.45. The highest BCUT2D eigenvalue weighted by atomic mass is 32.1. The van der Waals surface area contributed by atoms with Crippen LogP contribution in [0, 0.1) is 0 Å². The van der Waals surface area contributed by atoms with Gasteiger partial charge in [0.1, 0.15) is 4.83 Å². The smallest absolute Gasteiger partial charge is 0.109 e. The van der Waals surface area contributed by atoms with E-state index < -0.39 is 0 Å². The molecular formula is C50H34N2S. The quantitative estimate of drug-likeness (QED) is 0.161. The highest BCUT2D eigenvalue weighted by Gasteiger charge is 2.19. The standard InChI is InChI=1S/C50H34N2S/c1-4-12-35(13-5-1)37-20-27-42(28-21-37)51(43-29-22-38(23-30-43)36-14-6-2-7-15-36)44-31-24-39(25-32-44)41-26-33-48-47(34-41)52-46-19-11-10-18-45(46)49(50(52)53-48)40-16-8-3-9-17-40/h1-34H. The highest BCUT2D eigenvalue weighted by molar-refractivity contribution is 7.24. The van der Waals surface area contributed by atoms with E-state index in [4.69, 9.17) is 0 Å². The van der Waals surface area contributed by atoms with Crippen molar-refractivity contribution in [2.75, 3.05) is 4.90 Å². The molecule has 2 aromatic heterocycles. The van der Waals surface area contributed by atoms with Crippen molar-refractivity contribution in [2.45, 2.75) is 0 Å². The summed E-state index contributed by atoms with van der Waals surface area (Å²) in [6.45, 7) is 0. The Hall–Kier alpha value is -6.68. The van der Waals surface area contributed by atoms with Crippen molar-refractivity contribution in [3.63, 3.8) is 0 Å². The van der Waals surface area contributed by atoms with E-state index in [2.05, 4.69) is 216 Å². The first-order valence-electron chi connectivity index (χ1n) is 18.0. The molecule has 0 amide bonds. The maximum Gasteiger partial charge on any atom is 0.109 e. The largest absolute Gasteiger partial charge is 0.311 e. The minimum atomic E-state index is 1.11. The fourth-order valence-corrected chi connectivity index (χ4v) is 8.83. The van der Waals surface area contributed by atoms with Crippen LogP contribution in [0.15, 0.2) is 206 Å². The molecule has 0 radical (unpaired) electrons. The molecule has 10 aromatic rings. The Morgan fingerprint density at radius 1 is 0.340 bits per heavy atom. The summed E-state index contributed by atoms with van der Waals surface area (Å²) in [5, 5.41) is 1.29. The molecule has 250 valence electrons. The third-order valence-corrected chi connectivity index (χ3v) is 11.4. The van der Waals surface area contributed by atoms with Crippen LogP contribution in [0.5, 0.6) is 0 Å². The van der Waals surface area contributed by atoms with Crippen LogP contribution in [0.25, 0.3) is 70.5 Å². The molecule has 2 heterocycles. The summed E-state index contributed by atoms with van der Waals surface area (Å²) in [6, 6.07) is 74.4. The van der Waals surface area contributed by atoms with Gasteiger partial charge in [-0.15, -0.1) is 11.3 Å². The Balaban J connectivity index is 1.04. The molecule has 0 fully saturated rings. The normalized spacial score (nSPS) is 11.4. The average molecular weight is 695 g/mol. The van der Waals surface area contributed by atoms with Gasteiger partial charge < -0.3 is 4.90 Å². The van der Waals surface area contributed by atoms with E-state index >= 15 is 0 Å².